The molecule has 4 nitrogen and oxygen atoms in total. The van der Waals surface area contributed by atoms with Gasteiger partial charge in [-0.3, -0.25) is 4.79 Å². The third kappa shape index (κ3) is 4.04. The largest absolute Gasteiger partial charge is 0.479 e. The number of halogens is 2. The molecule has 2 N–H and O–H groups in total. The second-order valence-electron chi connectivity index (χ2n) is 4.28. The summed E-state index contributed by atoms with van der Waals surface area (Å²) in [5.41, 5.74) is 0.968. The van der Waals surface area contributed by atoms with Crippen molar-refractivity contribution in [3.63, 3.8) is 0 Å². The average molecular weight is 460 g/mol. The number of carbonyl (C=O) groups is 2. The summed E-state index contributed by atoms with van der Waals surface area (Å²) < 4.78 is 1.52. The minimum atomic E-state index is -1.10. The number of carboxylic acids is 1. The van der Waals surface area contributed by atoms with Crippen molar-refractivity contribution >= 4 is 50.4 Å². The molecule has 0 aliphatic heterocycles. The summed E-state index contributed by atoms with van der Waals surface area (Å²) >= 11 is 5.35. The maximum absolute atomic E-state index is 12.3. The van der Waals surface area contributed by atoms with Gasteiger partial charge in [-0.25, -0.2) is 4.79 Å². The Labute approximate surface area is 143 Å². The second-order valence-corrected chi connectivity index (χ2v) is 6.36. The lowest BCUT2D eigenvalue weighted by atomic mass is 10.1. The predicted octanol–water partition coefficient (Wildman–Crippen LogP) is 3.61. The van der Waals surface area contributed by atoms with Gasteiger partial charge in [0.1, 0.15) is 0 Å². The minimum Gasteiger partial charge on any atom is -0.479 e. The first kappa shape index (κ1) is 16.0. The van der Waals surface area contributed by atoms with Gasteiger partial charge in [-0.05, 0) is 46.4 Å². The maximum Gasteiger partial charge on any atom is 0.330 e. The highest BCUT2D eigenvalue weighted by molar-refractivity contribution is 14.1. The quantitative estimate of drug-likeness (QED) is 0.686. The summed E-state index contributed by atoms with van der Waals surface area (Å²) in [5.74, 6) is -1.52. The number of amides is 1. The number of rotatable bonds is 4. The lowest BCUT2D eigenvalue weighted by Gasteiger charge is -2.15. The summed E-state index contributed by atoms with van der Waals surface area (Å²) in [6.45, 7) is 0. The molecule has 0 aliphatic rings. The van der Waals surface area contributed by atoms with Gasteiger partial charge in [-0.2, -0.15) is 0 Å². The Morgan fingerprint density at radius 3 is 2.43 bits per heavy atom. The van der Waals surface area contributed by atoms with Gasteiger partial charge in [0.25, 0.3) is 5.91 Å². The lowest BCUT2D eigenvalue weighted by molar-refractivity contribution is -0.139. The summed E-state index contributed by atoms with van der Waals surface area (Å²) in [4.78, 5) is 23.7. The third-order valence-electron chi connectivity index (χ3n) is 2.83. The molecule has 1 atom stereocenters. The first-order valence-electron chi connectivity index (χ1n) is 6.02. The zero-order valence-electron chi connectivity index (χ0n) is 10.7. The molecule has 21 heavy (non-hydrogen) atoms. The minimum absolute atomic E-state index is 0.419. The third-order valence-corrected chi connectivity index (χ3v) is 4.26. The molecule has 2 rings (SSSR count). The van der Waals surface area contributed by atoms with Gasteiger partial charge in [-0.15, -0.1) is 0 Å². The van der Waals surface area contributed by atoms with Gasteiger partial charge in [0, 0.05) is 8.04 Å². The van der Waals surface area contributed by atoms with Crippen molar-refractivity contribution in [1.82, 2.24) is 5.32 Å². The molecular weight excluding hydrogens is 449 g/mol. The summed E-state index contributed by atoms with van der Waals surface area (Å²) in [7, 11) is 0. The molecule has 1 amide bonds. The van der Waals surface area contributed by atoms with Crippen LogP contribution in [0.4, 0.5) is 0 Å². The Kier molecular flexibility index (Phi) is 5.35. The van der Waals surface area contributed by atoms with Gasteiger partial charge >= 0.3 is 5.97 Å². The van der Waals surface area contributed by atoms with E-state index in [1.165, 1.54) is 0 Å². The van der Waals surface area contributed by atoms with Crippen LogP contribution in [0.3, 0.4) is 0 Å². The predicted molar refractivity (Wildman–Crippen MR) is 91.1 cm³/mol. The summed E-state index contributed by atoms with van der Waals surface area (Å²) in [5, 5.41) is 11.9. The van der Waals surface area contributed by atoms with Crippen LogP contribution < -0.4 is 5.32 Å². The standard InChI is InChI=1S/C15H11BrINO3/c16-10-6-7-12(17)11(8-10)14(19)18-13(15(20)21)9-4-2-1-3-5-9/h1-8,13H,(H,18,19)(H,20,21). The zero-order valence-corrected chi connectivity index (χ0v) is 14.5. The number of hydrogen-bond donors (Lipinski definition) is 2. The van der Waals surface area contributed by atoms with Crippen LogP contribution in [0, 0.1) is 3.57 Å². The molecule has 2 aromatic carbocycles. The number of hydrogen-bond acceptors (Lipinski definition) is 2. The molecule has 0 spiro atoms. The SMILES string of the molecule is O=C(NC(C(=O)O)c1ccccc1)c1cc(Br)ccc1I. The Balaban J connectivity index is 2.27. The number of carboxylic acid groups (broad SMARTS) is 1. The Morgan fingerprint density at radius 2 is 1.81 bits per heavy atom. The highest BCUT2D eigenvalue weighted by Gasteiger charge is 2.23. The van der Waals surface area contributed by atoms with Crippen LogP contribution in [0.15, 0.2) is 53.0 Å². The Bertz CT molecular complexity index is 676. The van der Waals surface area contributed by atoms with Crippen LogP contribution in [0.25, 0.3) is 0 Å². The first-order chi connectivity index (χ1) is 9.99. The van der Waals surface area contributed by atoms with Crippen molar-refractivity contribution in [2.24, 2.45) is 0 Å². The van der Waals surface area contributed by atoms with Crippen molar-refractivity contribution in [2.45, 2.75) is 6.04 Å². The number of aliphatic carboxylic acids is 1. The van der Waals surface area contributed by atoms with Crippen LogP contribution in [-0.4, -0.2) is 17.0 Å². The molecule has 0 aliphatic carbocycles. The van der Waals surface area contributed by atoms with E-state index >= 15 is 0 Å². The maximum atomic E-state index is 12.3. The molecule has 0 aromatic heterocycles. The zero-order chi connectivity index (χ0) is 15.4. The van der Waals surface area contributed by atoms with Crippen molar-refractivity contribution < 1.29 is 14.7 Å². The van der Waals surface area contributed by atoms with Crippen molar-refractivity contribution in [3.8, 4) is 0 Å². The fraction of sp³-hybridized carbons (Fsp3) is 0.0667. The molecule has 0 saturated heterocycles. The number of carbonyl (C=O) groups excluding carboxylic acids is 1. The normalized spacial score (nSPS) is 11.7. The van der Waals surface area contributed by atoms with Gasteiger partial charge < -0.3 is 10.4 Å². The van der Waals surface area contributed by atoms with Crippen LogP contribution in [0.1, 0.15) is 22.0 Å². The van der Waals surface area contributed by atoms with E-state index in [9.17, 15) is 14.7 Å². The fourth-order valence-corrected chi connectivity index (χ4v) is 2.76. The first-order valence-corrected chi connectivity index (χ1v) is 7.90. The van der Waals surface area contributed by atoms with Gasteiger partial charge in [0.05, 0.1) is 5.56 Å². The summed E-state index contributed by atoms with van der Waals surface area (Å²) in [6, 6.07) is 12.8. The topological polar surface area (TPSA) is 66.4 Å². The van der Waals surface area contributed by atoms with Crippen LogP contribution in [0.2, 0.25) is 0 Å². The van der Waals surface area contributed by atoms with Crippen LogP contribution in [0.5, 0.6) is 0 Å². The smallest absolute Gasteiger partial charge is 0.330 e. The van der Waals surface area contributed by atoms with Crippen molar-refractivity contribution in [1.29, 1.82) is 0 Å². The van der Waals surface area contributed by atoms with Gasteiger partial charge in [-0.1, -0.05) is 46.3 Å². The van der Waals surface area contributed by atoms with E-state index in [1.54, 1.807) is 42.5 Å². The molecule has 0 bridgehead atoms. The van der Waals surface area contributed by atoms with Crippen LogP contribution in [-0.2, 0) is 4.79 Å². The van der Waals surface area contributed by atoms with E-state index in [-0.39, 0.29) is 0 Å². The molecule has 0 saturated carbocycles. The number of benzene rings is 2. The highest BCUT2D eigenvalue weighted by atomic mass is 127. The van der Waals surface area contributed by atoms with Crippen molar-refractivity contribution in [3.05, 3.63) is 67.7 Å². The Hall–Kier alpha value is -1.41. The molecule has 2 aromatic rings. The monoisotopic (exact) mass is 459 g/mol. The van der Waals surface area contributed by atoms with E-state index in [2.05, 4.69) is 21.2 Å². The molecule has 0 heterocycles. The highest BCUT2D eigenvalue weighted by Crippen LogP contribution is 2.20. The van der Waals surface area contributed by atoms with E-state index in [4.69, 9.17) is 0 Å². The fourth-order valence-electron chi connectivity index (χ4n) is 1.81. The number of nitrogens with one attached hydrogen (secondary N) is 1. The van der Waals surface area contributed by atoms with E-state index < -0.39 is 17.9 Å². The molecule has 6 heteroatoms. The molecule has 0 fully saturated rings. The molecule has 0 radical (unpaired) electrons. The van der Waals surface area contributed by atoms with Gasteiger partial charge in [0.15, 0.2) is 6.04 Å². The van der Waals surface area contributed by atoms with E-state index in [1.807, 2.05) is 28.7 Å². The van der Waals surface area contributed by atoms with Crippen molar-refractivity contribution in [2.75, 3.05) is 0 Å². The average Bonchev–Trinajstić information content (AvgIpc) is 2.47. The Morgan fingerprint density at radius 1 is 1.14 bits per heavy atom. The molecular formula is C15H11BrINO3. The van der Waals surface area contributed by atoms with Gasteiger partial charge in [0.2, 0.25) is 0 Å². The molecule has 108 valence electrons. The lowest BCUT2D eigenvalue weighted by Crippen LogP contribution is -2.34. The van der Waals surface area contributed by atoms with E-state index in [0.29, 0.717) is 11.1 Å². The van der Waals surface area contributed by atoms with E-state index in [0.717, 1.165) is 8.04 Å². The second kappa shape index (κ2) is 7.04. The van der Waals surface area contributed by atoms with Crippen LogP contribution >= 0.6 is 38.5 Å². The molecule has 1 unspecified atom stereocenters. The summed E-state index contributed by atoms with van der Waals surface area (Å²) in [6.07, 6.45) is 0.